The Morgan fingerprint density at radius 3 is 0.852 bits per heavy atom. The fraction of sp³-hybridized carbons (Fsp3) is 0.600. The van der Waals surface area contributed by atoms with E-state index in [1.807, 2.05) is 0 Å². The van der Waals surface area contributed by atoms with Crippen LogP contribution in [0.15, 0.2) is 0 Å². The van der Waals surface area contributed by atoms with Crippen molar-refractivity contribution in [3.05, 3.63) is 0 Å². The van der Waals surface area contributed by atoms with Crippen LogP contribution in [0.2, 0.25) is 0 Å². The summed E-state index contributed by atoms with van der Waals surface area (Å²) in [6.07, 6.45) is -11.7. The van der Waals surface area contributed by atoms with Crippen LogP contribution in [-0.4, -0.2) is 110 Å². The zero-order valence-electron chi connectivity index (χ0n) is 14.3. The summed E-state index contributed by atoms with van der Waals surface area (Å²) in [5, 5.41) is 0. The van der Waals surface area contributed by atoms with Gasteiger partial charge in [-0.2, -0.15) is 43.9 Å². The van der Waals surface area contributed by atoms with E-state index in [1.165, 1.54) is 0 Å². The van der Waals surface area contributed by atoms with Crippen LogP contribution in [0.25, 0.3) is 0 Å². The van der Waals surface area contributed by atoms with Crippen LogP contribution in [0.4, 0.5) is 52.7 Å². The molecule has 0 aliphatic carbocycles. The van der Waals surface area contributed by atoms with E-state index in [0.29, 0.717) is 0 Å². The first-order chi connectivity index (χ1) is 11.3. The number of hydrogen-bond donors (Lipinski definition) is 0. The van der Waals surface area contributed by atoms with Crippen molar-refractivity contribution in [1.82, 2.24) is 0 Å². The second-order valence-corrected chi connectivity index (χ2v) is 3.92. The summed E-state index contributed by atoms with van der Waals surface area (Å²) < 4.78 is 139. The van der Waals surface area contributed by atoms with Crippen LogP contribution in [0.3, 0.4) is 0 Å². The van der Waals surface area contributed by atoms with Gasteiger partial charge in [-0.15, -0.1) is 0 Å². The van der Waals surface area contributed by atoms with Crippen LogP contribution in [0.5, 0.6) is 0 Å². The Bertz CT molecular complexity index is 526. The smallest absolute Gasteiger partial charge is 1.00 e. The summed E-state index contributed by atoms with van der Waals surface area (Å²) in [5.74, 6) is -23.2. The fourth-order valence-electron chi connectivity index (χ4n) is 0.777. The first-order valence-corrected chi connectivity index (χ1v) is 5.45. The van der Waals surface area contributed by atoms with Gasteiger partial charge in [0.25, 0.3) is 0 Å². The number of hydrogen-bond acceptors (Lipinski definition) is 4. The van der Waals surface area contributed by atoms with E-state index in [0.717, 1.165) is 0 Å². The van der Waals surface area contributed by atoms with Crippen LogP contribution in [0, 0.1) is 0 Å². The molecule has 0 saturated carbocycles. The van der Waals surface area contributed by atoms with Crippen molar-refractivity contribution in [2.24, 2.45) is 0 Å². The van der Waals surface area contributed by atoms with Crippen molar-refractivity contribution in [1.29, 1.82) is 0 Å². The van der Waals surface area contributed by atoms with E-state index in [9.17, 15) is 71.9 Å². The number of carbonyl (C=O) groups excluding carboxylic acids is 4. The number of halogens is 12. The molecule has 0 radical (unpaired) electrons. The summed E-state index contributed by atoms with van der Waals surface area (Å²) in [6.45, 7) is -4.65. The van der Waals surface area contributed by atoms with Gasteiger partial charge >= 0.3 is 84.6 Å². The Morgan fingerprint density at radius 2 is 0.741 bits per heavy atom. The minimum Gasteiger partial charge on any atom is -1.00 e. The first kappa shape index (κ1) is 31.1. The molecular weight excluding hydrogens is 549 g/mol. The Kier molecular flexibility index (Phi) is 12.5. The molecule has 156 valence electrons. The van der Waals surface area contributed by atoms with E-state index in [1.54, 1.807) is 0 Å². The molecule has 0 aliphatic rings. The van der Waals surface area contributed by atoms with Crippen molar-refractivity contribution < 1.29 is 74.7 Å². The molecule has 0 saturated heterocycles. The molecule has 0 heterocycles. The van der Waals surface area contributed by atoms with E-state index in [2.05, 4.69) is 0 Å². The zero-order chi connectivity index (χ0) is 21.7. The van der Waals surface area contributed by atoms with Crippen molar-refractivity contribution in [3.63, 3.8) is 0 Å². The Morgan fingerprint density at radius 1 is 0.556 bits per heavy atom. The third-order valence-electron chi connectivity index (χ3n) is 2.03. The zero-order valence-corrected chi connectivity index (χ0v) is 16.7. The molecule has 0 N–H and O–H groups in total. The predicted octanol–water partition coefficient (Wildman–Crippen LogP) is 2.43. The molecule has 0 fully saturated rings. The van der Waals surface area contributed by atoms with Gasteiger partial charge in [0, 0.05) is 0 Å². The minimum absolute atomic E-state index is 0. The molecule has 0 aliphatic heterocycles. The third-order valence-corrected chi connectivity index (χ3v) is 2.03. The van der Waals surface area contributed by atoms with Crippen LogP contribution < -0.4 is 0 Å². The normalized spacial score (nSPS) is 12.3. The standard InChI is InChI=1S/2C5H2F6O2.Ba.2H/c2*6-1-2(12)4(7,8)3(13)5(9,10)11;;;/h2*1H2;;;/q;;+2;2*-1. The number of ketones is 4. The summed E-state index contributed by atoms with van der Waals surface area (Å²) in [7, 11) is 0. The number of alkyl halides is 12. The van der Waals surface area contributed by atoms with Gasteiger partial charge in [0.1, 0.15) is 0 Å². The number of carbonyl (C=O) groups is 4. The maximum atomic E-state index is 12.0. The molecule has 17 heteroatoms. The molecule has 4 nitrogen and oxygen atoms in total. The van der Waals surface area contributed by atoms with E-state index in [4.69, 9.17) is 0 Å². The van der Waals surface area contributed by atoms with Crippen molar-refractivity contribution in [2.75, 3.05) is 13.3 Å². The van der Waals surface area contributed by atoms with Gasteiger partial charge in [-0.05, 0) is 0 Å². The quantitative estimate of drug-likeness (QED) is 0.287. The molecule has 0 unspecified atom stereocenters. The van der Waals surface area contributed by atoms with Crippen molar-refractivity contribution >= 4 is 72.0 Å². The molecule has 27 heavy (non-hydrogen) atoms. The second-order valence-electron chi connectivity index (χ2n) is 3.92. The van der Waals surface area contributed by atoms with Crippen LogP contribution in [0.1, 0.15) is 2.85 Å². The van der Waals surface area contributed by atoms with Crippen LogP contribution in [-0.2, 0) is 19.2 Å². The molecule has 0 rings (SSSR count). The van der Waals surface area contributed by atoms with Gasteiger partial charge in [0.2, 0.25) is 11.6 Å². The SMILES string of the molecule is O=C(CF)C(F)(F)C(=O)C(F)(F)F.O=C(CF)C(F)(F)C(=O)C(F)(F)F.[Ba+2].[H-].[H-]. The summed E-state index contributed by atoms with van der Waals surface area (Å²) in [5.41, 5.74) is 0. The van der Waals surface area contributed by atoms with E-state index >= 15 is 0 Å². The van der Waals surface area contributed by atoms with Gasteiger partial charge in [-0.3, -0.25) is 19.2 Å². The van der Waals surface area contributed by atoms with Crippen molar-refractivity contribution in [2.45, 2.75) is 24.2 Å². The Balaban J connectivity index is -0.000000120. The summed E-state index contributed by atoms with van der Waals surface area (Å²) in [4.78, 5) is 39.4. The van der Waals surface area contributed by atoms with Gasteiger partial charge in [0.05, 0.1) is 0 Å². The van der Waals surface area contributed by atoms with Crippen LogP contribution >= 0.6 is 0 Å². The molecule has 0 aromatic rings. The maximum absolute atomic E-state index is 12.0. The topological polar surface area (TPSA) is 68.3 Å². The fourth-order valence-corrected chi connectivity index (χ4v) is 0.777. The monoisotopic (exact) mass is 556 g/mol. The first-order valence-electron chi connectivity index (χ1n) is 5.45. The van der Waals surface area contributed by atoms with E-state index < -0.39 is 60.7 Å². The molecule has 0 spiro atoms. The summed E-state index contributed by atoms with van der Waals surface area (Å²) >= 11 is 0. The third kappa shape index (κ3) is 8.97. The van der Waals surface area contributed by atoms with Gasteiger partial charge in [-0.1, -0.05) is 0 Å². The molecule has 0 aromatic heterocycles. The van der Waals surface area contributed by atoms with Crippen molar-refractivity contribution in [3.8, 4) is 0 Å². The minimum atomic E-state index is -5.85. The second kappa shape index (κ2) is 10.8. The Labute approximate surface area is 183 Å². The van der Waals surface area contributed by atoms with Gasteiger partial charge in [0.15, 0.2) is 13.3 Å². The number of Topliss-reactive ketones (excluding diaryl/α,β-unsaturated/α-hetero) is 4. The number of rotatable bonds is 6. The largest absolute Gasteiger partial charge is 2.00 e. The average Bonchev–Trinajstić information content (AvgIpc) is 2.50. The van der Waals surface area contributed by atoms with Gasteiger partial charge < -0.3 is 2.85 Å². The molecule has 0 aromatic carbocycles. The molecule has 0 bridgehead atoms. The van der Waals surface area contributed by atoms with Gasteiger partial charge in [-0.25, -0.2) is 8.78 Å². The predicted molar refractivity (Wildman–Crippen MR) is 62.0 cm³/mol. The summed E-state index contributed by atoms with van der Waals surface area (Å²) in [6, 6.07) is 0. The van der Waals surface area contributed by atoms with E-state index in [-0.39, 0.29) is 51.7 Å². The molecular formula is C10H6BaF12O4. The Hall–Kier alpha value is -0.589. The average molecular weight is 555 g/mol. The maximum Gasteiger partial charge on any atom is 2.00 e. The molecule has 0 atom stereocenters. The molecule has 0 amide bonds.